The predicted molar refractivity (Wildman–Crippen MR) is 68.3 cm³/mol. The monoisotopic (exact) mass is 275 g/mol. The van der Waals surface area contributed by atoms with Gasteiger partial charge in [-0.3, -0.25) is 5.32 Å². The third-order valence-corrected chi connectivity index (χ3v) is 2.85. The Morgan fingerprint density at radius 1 is 1.22 bits per heavy atom. The number of nitrogens with one attached hydrogen (secondary N) is 1. The Labute approximate surface area is 111 Å². The first kappa shape index (κ1) is 14.5. The molecule has 1 heterocycles. The summed E-state index contributed by atoms with van der Waals surface area (Å²) in [5, 5.41) is 2.74. The van der Waals surface area contributed by atoms with E-state index in [2.05, 4.69) is 10.1 Å². The molecule has 1 aliphatic rings. The molecule has 0 spiro atoms. The summed E-state index contributed by atoms with van der Waals surface area (Å²) in [5.74, 6) is 0. The van der Waals surface area contributed by atoms with Gasteiger partial charge in [0, 0.05) is 26.2 Å². The van der Waals surface area contributed by atoms with Gasteiger partial charge in [-0.15, -0.1) is 0 Å². The van der Waals surface area contributed by atoms with E-state index < -0.39 is 6.09 Å². The number of hydrogen-bond acceptors (Lipinski definition) is 5. The predicted octanol–water partition coefficient (Wildman–Crippen LogP) is 0.401. The van der Waals surface area contributed by atoms with E-state index in [0.717, 1.165) is 0 Å². The van der Waals surface area contributed by atoms with Crippen molar-refractivity contribution in [2.45, 2.75) is 6.92 Å². The lowest BCUT2D eigenvalue weighted by Crippen LogP contribution is -2.53. The minimum Gasteiger partial charge on any atom is -0.453 e. The van der Waals surface area contributed by atoms with Crippen LogP contribution < -0.4 is 5.32 Å². The summed E-state index contributed by atoms with van der Waals surface area (Å²) < 4.78 is 9.36. The average molecular weight is 275 g/mol. The molecule has 0 atom stereocenters. The van der Waals surface area contributed by atoms with Crippen molar-refractivity contribution in [1.29, 1.82) is 0 Å². The maximum atomic E-state index is 11.5. The second-order valence-corrected chi connectivity index (χ2v) is 3.98. The molecule has 8 heteroatoms. The Bertz CT molecular complexity index is 329. The summed E-state index contributed by atoms with van der Waals surface area (Å²) in [7, 11) is 1.27. The molecule has 102 valence electrons. The van der Waals surface area contributed by atoms with Crippen molar-refractivity contribution in [3.8, 4) is 0 Å². The van der Waals surface area contributed by atoms with Crippen LogP contribution in [0.4, 0.5) is 9.59 Å². The molecule has 0 radical (unpaired) electrons. The van der Waals surface area contributed by atoms with Crippen LogP contribution in [0.2, 0.25) is 0 Å². The molecule has 1 saturated heterocycles. The summed E-state index contributed by atoms with van der Waals surface area (Å²) in [6, 6.07) is 0. The zero-order valence-corrected chi connectivity index (χ0v) is 11.3. The molecular formula is C10H17N3O4S. The van der Waals surface area contributed by atoms with E-state index in [4.69, 9.17) is 17.0 Å². The van der Waals surface area contributed by atoms with Crippen LogP contribution >= 0.6 is 12.2 Å². The highest BCUT2D eigenvalue weighted by atomic mass is 32.1. The highest BCUT2D eigenvalue weighted by Gasteiger charge is 2.23. The van der Waals surface area contributed by atoms with Crippen molar-refractivity contribution in [2.24, 2.45) is 0 Å². The number of piperazine rings is 1. The SMILES string of the molecule is CCOC(=O)N1CCN(C(=S)NC(=O)OC)CC1. The van der Waals surface area contributed by atoms with Gasteiger partial charge in [0.1, 0.15) is 0 Å². The number of carbonyl (C=O) groups is 2. The summed E-state index contributed by atoms with van der Waals surface area (Å²) >= 11 is 5.05. The van der Waals surface area contributed by atoms with Gasteiger partial charge in [-0.1, -0.05) is 0 Å². The number of methoxy groups -OCH3 is 1. The molecule has 0 aromatic heterocycles. The van der Waals surface area contributed by atoms with Crippen LogP contribution in [0.15, 0.2) is 0 Å². The maximum absolute atomic E-state index is 11.5. The van der Waals surface area contributed by atoms with Crippen LogP contribution in [0.3, 0.4) is 0 Å². The number of ether oxygens (including phenoxy) is 2. The molecular weight excluding hydrogens is 258 g/mol. The minimum absolute atomic E-state index is 0.311. The summed E-state index contributed by atoms with van der Waals surface area (Å²) in [4.78, 5) is 25.9. The third kappa shape index (κ3) is 4.02. The van der Waals surface area contributed by atoms with Crippen molar-refractivity contribution >= 4 is 29.5 Å². The Balaban J connectivity index is 2.37. The molecule has 0 bridgehead atoms. The van der Waals surface area contributed by atoms with Crippen molar-refractivity contribution < 1.29 is 19.1 Å². The van der Waals surface area contributed by atoms with Crippen LogP contribution in [0.1, 0.15) is 6.92 Å². The van der Waals surface area contributed by atoms with Crippen molar-refractivity contribution in [3.63, 3.8) is 0 Å². The number of amides is 2. The van der Waals surface area contributed by atoms with E-state index in [1.54, 1.807) is 11.8 Å². The summed E-state index contributed by atoms with van der Waals surface area (Å²) in [5.41, 5.74) is 0. The number of nitrogens with zero attached hydrogens (tertiary/aromatic N) is 2. The third-order valence-electron chi connectivity index (χ3n) is 2.49. The fourth-order valence-corrected chi connectivity index (χ4v) is 1.79. The Morgan fingerprint density at radius 3 is 2.28 bits per heavy atom. The highest BCUT2D eigenvalue weighted by molar-refractivity contribution is 7.80. The van der Waals surface area contributed by atoms with Gasteiger partial charge in [0.05, 0.1) is 13.7 Å². The highest BCUT2D eigenvalue weighted by Crippen LogP contribution is 2.04. The minimum atomic E-state index is -0.590. The molecule has 1 fully saturated rings. The van der Waals surface area contributed by atoms with Gasteiger partial charge in [-0.05, 0) is 19.1 Å². The van der Waals surface area contributed by atoms with E-state index in [1.165, 1.54) is 7.11 Å². The van der Waals surface area contributed by atoms with Gasteiger partial charge in [-0.25, -0.2) is 9.59 Å². The maximum Gasteiger partial charge on any atom is 0.413 e. The van der Waals surface area contributed by atoms with Crippen LogP contribution in [-0.4, -0.2) is 67.0 Å². The number of rotatable bonds is 1. The number of hydrogen-bond donors (Lipinski definition) is 1. The first-order chi connectivity index (χ1) is 8.58. The van der Waals surface area contributed by atoms with Gasteiger partial charge in [0.25, 0.3) is 0 Å². The van der Waals surface area contributed by atoms with Crippen LogP contribution in [0, 0.1) is 0 Å². The smallest absolute Gasteiger partial charge is 0.413 e. The van der Waals surface area contributed by atoms with Gasteiger partial charge in [-0.2, -0.15) is 0 Å². The molecule has 7 nitrogen and oxygen atoms in total. The zero-order valence-electron chi connectivity index (χ0n) is 10.5. The topological polar surface area (TPSA) is 71.1 Å². The molecule has 1 rings (SSSR count). The molecule has 0 unspecified atom stereocenters. The Kier molecular flexibility index (Phi) is 5.63. The standard InChI is InChI=1S/C10H17N3O4S/c1-3-17-10(15)13-6-4-12(5-7-13)8(18)11-9(14)16-2/h3-7H2,1-2H3,(H,11,14,18). The molecule has 0 aliphatic carbocycles. The normalized spacial score (nSPS) is 15.0. The number of thiocarbonyl (C=S) groups is 1. The fourth-order valence-electron chi connectivity index (χ4n) is 1.52. The number of carbonyl (C=O) groups excluding carboxylic acids is 2. The molecule has 2 amide bonds. The lowest BCUT2D eigenvalue weighted by atomic mass is 10.3. The Hall–Kier alpha value is -1.57. The Morgan fingerprint density at radius 2 is 1.78 bits per heavy atom. The first-order valence-corrected chi connectivity index (χ1v) is 6.05. The lowest BCUT2D eigenvalue weighted by molar-refractivity contribution is 0.0916. The second kappa shape index (κ2) is 7.00. The van der Waals surface area contributed by atoms with Crippen LogP contribution in [0.5, 0.6) is 0 Å². The fraction of sp³-hybridized carbons (Fsp3) is 0.700. The average Bonchev–Trinajstić information content (AvgIpc) is 2.39. The number of alkyl carbamates (subject to hydrolysis) is 1. The summed E-state index contributed by atoms with van der Waals surface area (Å²) in [6.45, 7) is 4.28. The van der Waals surface area contributed by atoms with Gasteiger partial charge in [0.2, 0.25) is 0 Å². The van der Waals surface area contributed by atoms with Crippen LogP contribution in [-0.2, 0) is 9.47 Å². The summed E-state index contributed by atoms with van der Waals surface area (Å²) in [6.07, 6.45) is -0.906. The van der Waals surface area contributed by atoms with Crippen molar-refractivity contribution in [3.05, 3.63) is 0 Å². The van der Waals surface area contributed by atoms with E-state index in [9.17, 15) is 9.59 Å². The van der Waals surface area contributed by atoms with Crippen LogP contribution in [0.25, 0.3) is 0 Å². The molecule has 0 aromatic rings. The molecule has 1 N–H and O–H groups in total. The van der Waals surface area contributed by atoms with Gasteiger partial charge < -0.3 is 19.3 Å². The van der Waals surface area contributed by atoms with E-state index in [0.29, 0.717) is 37.9 Å². The first-order valence-electron chi connectivity index (χ1n) is 5.64. The van der Waals surface area contributed by atoms with Gasteiger partial charge >= 0.3 is 12.2 Å². The van der Waals surface area contributed by atoms with Crippen molar-refractivity contribution in [2.75, 3.05) is 39.9 Å². The quantitative estimate of drug-likeness (QED) is 0.699. The van der Waals surface area contributed by atoms with Crippen molar-refractivity contribution in [1.82, 2.24) is 15.1 Å². The van der Waals surface area contributed by atoms with Gasteiger partial charge in [0.15, 0.2) is 5.11 Å². The zero-order chi connectivity index (χ0) is 13.5. The second-order valence-electron chi connectivity index (χ2n) is 3.59. The lowest BCUT2D eigenvalue weighted by Gasteiger charge is -2.35. The molecule has 18 heavy (non-hydrogen) atoms. The molecule has 0 saturated carbocycles. The molecule has 1 aliphatic heterocycles. The van der Waals surface area contributed by atoms with E-state index in [1.807, 2.05) is 4.90 Å². The van der Waals surface area contributed by atoms with E-state index >= 15 is 0 Å². The van der Waals surface area contributed by atoms with E-state index in [-0.39, 0.29) is 6.09 Å². The largest absolute Gasteiger partial charge is 0.453 e. The molecule has 0 aromatic carbocycles.